The second-order valence-corrected chi connectivity index (χ2v) is 5.87. The molecule has 0 spiro atoms. The van der Waals surface area contributed by atoms with Gasteiger partial charge in [0.15, 0.2) is 0 Å². The van der Waals surface area contributed by atoms with Crippen LogP contribution in [0.2, 0.25) is 0 Å². The van der Waals surface area contributed by atoms with Crippen molar-refractivity contribution in [2.24, 2.45) is 5.92 Å². The molecule has 22 heavy (non-hydrogen) atoms. The Morgan fingerprint density at radius 3 is 2.86 bits per heavy atom. The largest absolute Gasteiger partial charge is 0.316 e. The van der Waals surface area contributed by atoms with Crippen LogP contribution in [-0.2, 0) is 6.54 Å². The van der Waals surface area contributed by atoms with Crippen molar-refractivity contribution in [2.45, 2.75) is 19.4 Å². The van der Waals surface area contributed by atoms with E-state index in [2.05, 4.69) is 27.5 Å². The fourth-order valence-corrected chi connectivity index (χ4v) is 2.91. The summed E-state index contributed by atoms with van der Waals surface area (Å²) in [5, 5.41) is 12.4. The van der Waals surface area contributed by atoms with Crippen LogP contribution in [0, 0.1) is 5.92 Å². The van der Waals surface area contributed by atoms with Gasteiger partial charge in [0.2, 0.25) is 0 Å². The van der Waals surface area contributed by atoms with Crippen LogP contribution in [0.1, 0.15) is 18.5 Å². The number of nitrogens with one attached hydrogen (secondary N) is 1. The third-order valence-electron chi connectivity index (χ3n) is 3.93. The highest BCUT2D eigenvalue weighted by molar-refractivity contribution is 5.85. The molecule has 1 fully saturated rings. The summed E-state index contributed by atoms with van der Waals surface area (Å²) in [6.45, 7) is 4.28. The van der Waals surface area contributed by atoms with Gasteiger partial charge in [-0.2, -0.15) is 15.0 Å². The average molecular weight is 322 g/mol. The Labute approximate surface area is 138 Å². The van der Waals surface area contributed by atoms with Crippen LogP contribution in [0.25, 0.3) is 5.69 Å². The number of hydrogen-bond acceptors (Lipinski definition) is 4. The van der Waals surface area contributed by atoms with Crippen molar-refractivity contribution >= 4 is 12.4 Å². The highest BCUT2D eigenvalue weighted by Crippen LogP contribution is 2.12. The Balaban J connectivity index is 0.00000176. The molecule has 6 heteroatoms. The summed E-state index contributed by atoms with van der Waals surface area (Å²) in [6.07, 6.45) is 4.49. The zero-order chi connectivity index (χ0) is 14.5. The maximum atomic E-state index is 4.56. The van der Waals surface area contributed by atoms with E-state index in [1.165, 1.54) is 19.4 Å². The first-order valence-corrected chi connectivity index (χ1v) is 7.67. The monoisotopic (exact) mass is 321 g/mol. The molecule has 1 aromatic carbocycles. The number of para-hydroxylation sites is 1. The quantitative estimate of drug-likeness (QED) is 0.916. The van der Waals surface area contributed by atoms with Crippen molar-refractivity contribution in [3.8, 4) is 5.69 Å². The number of hydrogen-bond donors (Lipinski definition) is 1. The van der Waals surface area contributed by atoms with Crippen LogP contribution in [0.5, 0.6) is 0 Å². The lowest BCUT2D eigenvalue weighted by Gasteiger charge is -2.27. The molecular formula is C16H24ClN5. The van der Waals surface area contributed by atoms with E-state index in [0.29, 0.717) is 0 Å². The lowest BCUT2D eigenvalue weighted by atomic mass is 9.99. The molecular weight excluding hydrogens is 298 g/mol. The number of nitrogens with zero attached hydrogens (tertiary/aromatic N) is 4. The second kappa shape index (κ2) is 8.27. The van der Waals surface area contributed by atoms with E-state index < -0.39 is 0 Å². The molecule has 2 heterocycles. The predicted molar refractivity (Wildman–Crippen MR) is 90.5 cm³/mol. The minimum atomic E-state index is 0. The molecule has 1 unspecified atom stereocenters. The number of aromatic nitrogens is 3. The Morgan fingerprint density at radius 2 is 2.14 bits per heavy atom. The summed E-state index contributed by atoms with van der Waals surface area (Å²) >= 11 is 0. The lowest BCUT2D eigenvalue weighted by molar-refractivity contribution is 0.235. The standard InChI is InChI=1S/C16H23N5.ClH/c1-20(12-14-6-5-9-17-10-14)13-15-11-18-21(19-15)16-7-3-2-4-8-16;/h2-4,7-8,11,14,17H,5-6,9-10,12-13H2,1H3;1H. The van der Waals surface area contributed by atoms with Crippen molar-refractivity contribution in [3.05, 3.63) is 42.2 Å². The number of halogens is 1. The van der Waals surface area contributed by atoms with Crippen LogP contribution < -0.4 is 5.32 Å². The molecule has 0 aliphatic carbocycles. The predicted octanol–water partition coefficient (Wildman–Crippen LogP) is 2.12. The molecule has 1 aromatic heterocycles. The van der Waals surface area contributed by atoms with Gasteiger partial charge in [-0.1, -0.05) is 18.2 Å². The smallest absolute Gasteiger partial charge is 0.0971 e. The van der Waals surface area contributed by atoms with Gasteiger partial charge in [0, 0.05) is 13.1 Å². The molecule has 2 aromatic rings. The van der Waals surface area contributed by atoms with Gasteiger partial charge in [-0.15, -0.1) is 12.4 Å². The Hall–Kier alpha value is -1.43. The summed E-state index contributed by atoms with van der Waals surface area (Å²) < 4.78 is 0. The Morgan fingerprint density at radius 1 is 1.32 bits per heavy atom. The van der Waals surface area contributed by atoms with Crippen molar-refractivity contribution in [2.75, 3.05) is 26.7 Å². The lowest BCUT2D eigenvalue weighted by Crippen LogP contribution is -2.36. The maximum absolute atomic E-state index is 4.56. The number of benzene rings is 1. The zero-order valence-electron chi connectivity index (χ0n) is 13.0. The highest BCUT2D eigenvalue weighted by Gasteiger charge is 2.15. The summed E-state index contributed by atoms with van der Waals surface area (Å²) in [5.41, 5.74) is 2.02. The molecule has 1 saturated heterocycles. The molecule has 3 rings (SSSR count). The van der Waals surface area contributed by atoms with Gasteiger partial charge in [0.1, 0.15) is 0 Å². The molecule has 5 nitrogen and oxygen atoms in total. The van der Waals surface area contributed by atoms with E-state index >= 15 is 0 Å². The van der Waals surface area contributed by atoms with E-state index in [-0.39, 0.29) is 12.4 Å². The van der Waals surface area contributed by atoms with Gasteiger partial charge in [-0.25, -0.2) is 0 Å². The molecule has 0 bridgehead atoms. The van der Waals surface area contributed by atoms with Gasteiger partial charge < -0.3 is 10.2 Å². The fourth-order valence-electron chi connectivity index (χ4n) is 2.91. The minimum absolute atomic E-state index is 0. The molecule has 1 aliphatic heterocycles. The van der Waals surface area contributed by atoms with Gasteiger partial charge >= 0.3 is 0 Å². The van der Waals surface area contributed by atoms with Crippen molar-refractivity contribution in [3.63, 3.8) is 0 Å². The van der Waals surface area contributed by atoms with E-state index in [0.717, 1.165) is 36.9 Å². The minimum Gasteiger partial charge on any atom is -0.316 e. The van der Waals surface area contributed by atoms with Crippen molar-refractivity contribution in [1.29, 1.82) is 0 Å². The first-order chi connectivity index (χ1) is 10.3. The second-order valence-electron chi connectivity index (χ2n) is 5.87. The molecule has 0 saturated carbocycles. The summed E-state index contributed by atoms with van der Waals surface area (Å²) in [7, 11) is 2.16. The summed E-state index contributed by atoms with van der Waals surface area (Å²) in [6, 6.07) is 10.0. The van der Waals surface area contributed by atoms with Crippen LogP contribution in [-0.4, -0.2) is 46.6 Å². The average Bonchev–Trinajstić information content (AvgIpc) is 2.97. The van der Waals surface area contributed by atoms with Gasteiger partial charge in [-0.05, 0) is 51.0 Å². The molecule has 1 aliphatic rings. The Kier molecular flexibility index (Phi) is 6.36. The highest BCUT2D eigenvalue weighted by atomic mass is 35.5. The topological polar surface area (TPSA) is 46.0 Å². The zero-order valence-corrected chi connectivity index (χ0v) is 13.8. The first-order valence-electron chi connectivity index (χ1n) is 7.67. The molecule has 0 amide bonds. The maximum Gasteiger partial charge on any atom is 0.0971 e. The number of rotatable bonds is 5. The van der Waals surface area contributed by atoms with Crippen LogP contribution in [0.15, 0.2) is 36.5 Å². The van der Waals surface area contributed by atoms with Crippen molar-refractivity contribution < 1.29 is 0 Å². The van der Waals surface area contributed by atoms with Crippen LogP contribution in [0.3, 0.4) is 0 Å². The van der Waals surface area contributed by atoms with Crippen LogP contribution in [0.4, 0.5) is 0 Å². The van der Waals surface area contributed by atoms with Crippen LogP contribution >= 0.6 is 12.4 Å². The van der Waals surface area contributed by atoms with Gasteiger partial charge in [0.05, 0.1) is 17.6 Å². The molecule has 1 atom stereocenters. The first kappa shape index (κ1) is 16.9. The van der Waals surface area contributed by atoms with Gasteiger partial charge in [0.25, 0.3) is 0 Å². The third-order valence-corrected chi connectivity index (χ3v) is 3.93. The van der Waals surface area contributed by atoms with Gasteiger partial charge in [-0.3, -0.25) is 0 Å². The fraction of sp³-hybridized carbons (Fsp3) is 0.500. The van der Waals surface area contributed by atoms with E-state index in [1.54, 1.807) is 4.80 Å². The third kappa shape index (κ3) is 4.53. The van der Waals surface area contributed by atoms with Crippen molar-refractivity contribution in [1.82, 2.24) is 25.2 Å². The normalized spacial score (nSPS) is 18.2. The Bertz CT molecular complexity index is 551. The summed E-state index contributed by atoms with van der Waals surface area (Å²) in [5.74, 6) is 0.757. The molecule has 0 radical (unpaired) electrons. The molecule has 1 N–H and O–H groups in total. The summed E-state index contributed by atoms with van der Waals surface area (Å²) in [4.78, 5) is 4.04. The molecule has 120 valence electrons. The van der Waals surface area contributed by atoms with E-state index in [4.69, 9.17) is 0 Å². The number of piperidine rings is 1. The SMILES string of the molecule is CN(Cc1cnn(-c2ccccc2)n1)CC1CCCNC1.Cl. The van der Waals surface area contributed by atoms with E-state index in [9.17, 15) is 0 Å². The van der Waals surface area contributed by atoms with E-state index in [1.807, 2.05) is 36.5 Å².